The van der Waals surface area contributed by atoms with Gasteiger partial charge in [-0.15, -0.1) is 12.4 Å². The number of imidazole rings is 1. The number of likely N-dealkylation sites (N-methyl/N-ethyl adjacent to an activating group) is 1. The molecule has 0 saturated carbocycles. The Kier molecular flexibility index (Phi) is 5.64. The first-order chi connectivity index (χ1) is 7.34. The first-order valence-electron chi connectivity index (χ1n) is 5.27. The van der Waals surface area contributed by atoms with Crippen molar-refractivity contribution in [2.45, 2.75) is 25.9 Å². The van der Waals surface area contributed by atoms with E-state index in [1.807, 2.05) is 31.7 Å². The zero-order valence-corrected chi connectivity index (χ0v) is 11.8. The number of hydrogen-bond donors (Lipinski definition) is 1. The summed E-state index contributed by atoms with van der Waals surface area (Å²) in [6.45, 7) is 4.33. The lowest BCUT2D eigenvalue weighted by Crippen LogP contribution is -2.51. The molecule has 0 spiro atoms. The molecule has 0 saturated heterocycles. The van der Waals surface area contributed by atoms with Crippen molar-refractivity contribution in [3.63, 3.8) is 0 Å². The minimum atomic E-state index is -0.574. The van der Waals surface area contributed by atoms with Crippen LogP contribution in [0, 0.1) is 0 Å². The largest absolute Gasteiger partial charge is 0.347 e. The summed E-state index contributed by atoms with van der Waals surface area (Å²) >= 11 is 0. The quantitative estimate of drug-likeness (QED) is 0.871. The zero-order valence-electron chi connectivity index (χ0n) is 11.0. The number of nitrogens with one attached hydrogen (secondary N) is 1. The van der Waals surface area contributed by atoms with E-state index in [2.05, 4.69) is 10.3 Å². The summed E-state index contributed by atoms with van der Waals surface area (Å²) in [4.78, 5) is 17.6. The van der Waals surface area contributed by atoms with Gasteiger partial charge in [0.25, 0.3) is 0 Å². The van der Waals surface area contributed by atoms with Crippen molar-refractivity contribution in [1.82, 2.24) is 19.8 Å². The number of hydrogen-bond acceptors (Lipinski definition) is 3. The number of halogens is 1. The maximum Gasteiger partial charge on any atom is 0.241 e. The van der Waals surface area contributed by atoms with E-state index in [0.29, 0.717) is 6.54 Å². The van der Waals surface area contributed by atoms with Gasteiger partial charge in [0.15, 0.2) is 0 Å². The SMILES string of the molecule is CN(C)C(=O)C(C)(C)NCc1nccn1C.Cl. The van der Waals surface area contributed by atoms with Crippen molar-refractivity contribution in [2.24, 2.45) is 7.05 Å². The molecule has 0 aliphatic rings. The van der Waals surface area contributed by atoms with Crippen molar-refractivity contribution in [3.05, 3.63) is 18.2 Å². The number of aromatic nitrogens is 2. The van der Waals surface area contributed by atoms with E-state index in [-0.39, 0.29) is 18.3 Å². The predicted octanol–water partition coefficient (Wildman–Crippen LogP) is 0.798. The van der Waals surface area contributed by atoms with Crippen LogP contribution < -0.4 is 5.32 Å². The summed E-state index contributed by atoms with van der Waals surface area (Å²) < 4.78 is 1.93. The molecule has 6 heteroatoms. The van der Waals surface area contributed by atoms with Gasteiger partial charge >= 0.3 is 0 Å². The minimum Gasteiger partial charge on any atom is -0.347 e. The van der Waals surface area contributed by atoms with E-state index >= 15 is 0 Å². The van der Waals surface area contributed by atoms with E-state index in [0.717, 1.165) is 5.82 Å². The van der Waals surface area contributed by atoms with Crippen LogP contribution in [0.2, 0.25) is 0 Å². The molecule has 0 atom stereocenters. The summed E-state index contributed by atoms with van der Waals surface area (Å²) in [6.07, 6.45) is 3.63. The van der Waals surface area contributed by atoms with Gasteiger partial charge in [-0.05, 0) is 13.8 Å². The van der Waals surface area contributed by atoms with Gasteiger partial charge in [0.05, 0.1) is 12.1 Å². The number of carbonyl (C=O) groups excluding carboxylic acids is 1. The number of nitrogens with zero attached hydrogens (tertiary/aromatic N) is 3. The highest BCUT2D eigenvalue weighted by Gasteiger charge is 2.28. The predicted molar refractivity (Wildman–Crippen MR) is 70.1 cm³/mol. The Hall–Kier alpha value is -1.07. The van der Waals surface area contributed by atoms with Crippen LogP contribution in [0.25, 0.3) is 0 Å². The van der Waals surface area contributed by atoms with Crippen LogP contribution in [0.4, 0.5) is 0 Å². The number of amides is 1. The first-order valence-corrected chi connectivity index (χ1v) is 5.27. The second kappa shape index (κ2) is 6.02. The van der Waals surface area contributed by atoms with Gasteiger partial charge in [-0.1, -0.05) is 0 Å². The summed E-state index contributed by atoms with van der Waals surface area (Å²) in [5.41, 5.74) is -0.574. The van der Waals surface area contributed by atoms with Gasteiger partial charge in [0, 0.05) is 33.5 Å². The fourth-order valence-electron chi connectivity index (χ4n) is 1.50. The second-order valence-corrected chi connectivity index (χ2v) is 4.63. The molecule has 1 rings (SSSR count). The van der Waals surface area contributed by atoms with E-state index < -0.39 is 5.54 Å². The minimum absolute atomic E-state index is 0. The molecule has 0 radical (unpaired) electrons. The van der Waals surface area contributed by atoms with Crippen molar-refractivity contribution < 1.29 is 4.79 Å². The molecule has 0 unspecified atom stereocenters. The molecule has 1 amide bonds. The maximum atomic E-state index is 11.8. The summed E-state index contributed by atoms with van der Waals surface area (Å²) in [5.74, 6) is 0.973. The van der Waals surface area contributed by atoms with Crippen molar-refractivity contribution in [3.8, 4) is 0 Å². The molecule has 0 aliphatic carbocycles. The second-order valence-electron chi connectivity index (χ2n) is 4.63. The molecule has 0 aromatic carbocycles. The van der Waals surface area contributed by atoms with Gasteiger partial charge < -0.3 is 9.47 Å². The molecule has 1 heterocycles. The monoisotopic (exact) mass is 260 g/mol. The van der Waals surface area contributed by atoms with Crippen LogP contribution in [-0.2, 0) is 18.4 Å². The van der Waals surface area contributed by atoms with Gasteiger partial charge in [-0.25, -0.2) is 4.98 Å². The molecule has 1 aromatic heterocycles. The van der Waals surface area contributed by atoms with E-state index in [1.54, 1.807) is 25.2 Å². The molecule has 0 bridgehead atoms. The van der Waals surface area contributed by atoms with Gasteiger partial charge in [-0.3, -0.25) is 10.1 Å². The number of carbonyl (C=O) groups is 1. The summed E-state index contributed by atoms with van der Waals surface area (Å²) in [6, 6.07) is 0. The average Bonchev–Trinajstić information content (AvgIpc) is 2.60. The lowest BCUT2D eigenvalue weighted by Gasteiger charge is -2.28. The number of rotatable bonds is 4. The van der Waals surface area contributed by atoms with Gasteiger partial charge in [0.2, 0.25) is 5.91 Å². The fourth-order valence-corrected chi connectivity index (χ4v) is 1.50. The Morgan fingerprint density at radius 1 is 1.53 bits per heavy atom. The highest BCUT2D eigenvalue weighted by atomic mass is 35.5. The molecule has 5 nitrogen and oxygen atoms in total. The van der Waals surface area contributed by atoms with Crippen molar-refractivity contribution >= 4 is 18.3 Å². The van der Waals surface area contributed by atoms with E-state index in [9.17, 15) is 4.79 Å². The Bertz CT molecular complexity index is 373. The molecular formula is C11H21ClN4O. The van der Waals surface area contributed by atoms with Crippen LogP contribution in [0.5, 0.6) is 0 Å². The molecule has 0 fully saturated rings. The van der Waals surface area contributed by atoms with Crippen LogP contribution >= 0.6 is 12.4 Å². The number of aryl methyl sites for hydroxylation is 1. The summed E-state index contributed by atoms with van der Waals surface area (Å²) in [7, 11) is 5.45. The van der Waals surface area contributed by atoms with Crippen LogP contribution in [-0.4, -0.2) is 40.0 Å². The van der Waals surface area contributed by atoms with Crippen LogP contribution in [0.1, 0.15) is 19.7 Å². The smallest absolute Gasteiger partial charge is 0.241 e. The Morgan fingerprint density at radius 2 is 2.12 bits per heavy atom. The highest BCUT2D eigenvalue weighted by Crippen LogP contribution is 2.07. The Morgan fingerprint density at radius 3 is 2.53 bits per heavy atom. The van der Waals surface area contributed by atoms with Gasteiger partial charge in [0.1, 0.15) is 5.82 Å². The highest BCUT2D eigenvalue weighted by molar-refractivity contribution is 5.85. The maximum absolute atomic E-state index is 11.8. The molecule has 0 aliphatic heterocycles. The molecule has 17 heavy (non-hydrogen) atoms. The lowest BCUT2D eigenvalue weighted by atomic mass is 10.0. The van der Waals surface area contributed by atoms with Gasteiger partial charge in [-0.2, -0.15) is 0 Å². The zero-order chi connectivity index (χ0) is 12.3. The Labute approximate surface area is 109 Å². The third kappa shape index (κ3) is 4.02. The third-order valence-electron chi connectivity index (χ3n) is 2.55. The van der Waals surface area contributed by atoms with E-state index in [4.69, 9.17) is 0 Å². The molecule has 1 aromatic rings. The van der Waals surface area contributed by atoms with Crippen molar-refractivity contribution in [2.75, 3.05) is 14.1 Å². The molecule has 98 valence electrons. The van der Waals surface area contributed by atoms with E-state index in [1.165, 1.54) is 0 Å². The standard InChI is InChI=1S/C11H20N4O.ClH/c1-11(2,10(16)14(3)4)13-8-9-12-6-7-15(9)5;/h6-7,13H,8H2,1-5H3;1H. The van der Waals surface area contributed by atoms with Crippen LogP contribution in [0.15, 0.2) is 12.4 Å². The third-order valence-corrected chi connectivity index (χ3v) is 2.55. The first kappa shape index (κ1) is 15.9. The fraction of sp³-hybridized carbons (Fsp3) is 0.636. The average molecular weight is 261 g/mol. The normalized spacial score (nSPS) is 10.9. The van der Waals surface area contributed by atoms with Crippen LogP contribution in [0.3, 0.4) is 0 Å². The Balaban J connectivity index is 0.00000256. The van der Waals surface area contributed by atoms with Crippen molar-refractivity contribution in [1.29, 1.82) is 0 Å². The summed E-state index contributed by atoms with van der Waals surface area (Å²) in [5, 5.41) is 3.21. The topological polar surface area (TPSA) is 50.2 Å². The molecular weight excluding hydrogens is 240 g/mol. The molecule has 1 N–H and O–H groups in total. The lowest BCUT2D eigenvalue weighted by molar-refractivity contribution is -0.134.